The standard InChI is InChI=1S/C12H16FNO2/c13-11-6-2-1-4-9(11)8-10(12(15)16)5-3-7-14/h1-2,4,6,10H,3,5,7-8,14H2,(H,15,16). The highest BCUT2D eigenvalue weighted by atomic mass is 19.1. The molecule has 1 rings (SSSR count). The summed E-state index contributed by atoms with van der Waals surface area (Å²) >= 11 is 0. The van der Waals surface area contributed by atoms with Gasteiger partial charge in [-0.2, -0.15) is 0 Å². The molecule has 0 aromatic heterocycles. The average Bonchev–Trinajstić information content (AvgIpc) is 2.26. The summed E-state index contributed by atoms with van der Waals surface area (Å²) in [6.07, 6.45) is 1.35. The topological polar surface area (TPSA) is 63.3 Å². The minimum Gasteiger partial charge on any atom is -0.481 e. The van der Waals surface area contributed by atoms with Crippen LogP contribution in [-0.4, -0.2) is 17.6 Å². The summed E-state index contributed by atoms with van der Waals surface area (Å²) in [6.45, 7) is 0.459. The molecule has 0 bridgehead atoms. The Kier molecular flexibility index (Phi) is 4.92. The molecular weight excluding hydrogens is 209 g/mol. The SMILES string of the molecule is NCCCC(Cc1ccccc1F)C(=O)O. The van der Waals surface area contributed by atoms with Gasteiger partial charge < -0.3 is 10.8 Å². The van der Waals surface area contributed by atoms with Crippen LogP contribution in [0.15, 0.2) is 24.3 Å². The van der Waals surface area contributed by atoms with E-state index >= 15 is 0 Å². The molecule has 88 valence electrons. The first-order valence-electron chi connectivity index (χ1n) is 5.31. The molecule has 0 amide bonds. The summed E-state index contributed by atoms with van der Waals surface area (Å²) in [5.41, 5.74) is 5.78. The number of nitrogens with two attached hydrogens (primary N) is 1. The third kappa shape index (κ3) is 3.62. The fraction of sp³-hybridized carbons (Fsp3) is 0.417. The largest absolute Gasteiger partial charge is 0.481 e. The molecule has 16 heavy (non-hydrogen) atoms. The number of hydrogen-bond donors (Lipinski definition) is 2. The van der Waals surface area contributed by atoms with E-state index in [-0.39, 0.29) is 12.2 Å². The van der Waals surface area contributed by atoms with Crippen LogP contribution < -0.4 is 5.73 Å². The molecule has 1 unspecified atom stereocenters. The average molecular weight is 225 g/mol. The maximum Gasteiger partial charge on any atom is 0.306 e. The van der Waals surface area contributed by atoms with Crippen molar-refractivity contribution in [2.75, 3.05) is 6.54 Å². The third-order valence-corrected chi connectivity index (χ3v) is 2.53. The van der Waals surface area contributed by atoms with E-state index in [1.54, 1.807) is 18.2 Å². The number of halogens is 1. The highest BCUT2D eigenvalue weighted by molar-refractivity contribution is 5.70. The zero-order valence-corrected chi connectivity index (χ0v) is 9.03. The predicted molar refractivity (Wildman–Crippen MR) is 59.5 cm³/mol. The molecule has 0 aliphatic heterocycles. The molecule has 0 saturated heterocycles. The number of benzene rings is 1. The second-order valence-corrected chi connectivity index (χ2v) is 3.76. The fourth-order valence-electron chi connectivity index (χ4n) is 1.61. The molecule has 1 aromatic carbocycles. The number of aliphatic carboxylic acids is 1. The molecule has 0 heterocycles. The third-order valence-electron chi connectivity index (χ3n) is 2.53. The van der Waals surface area contributed by atoms with E-state index in [1.165, 1.54) is 6.07 Å². The van der Waals surface area contributed by atoms with E-state index in [9.17, 15) is 9.18 Å². The minimum absolute atomic E-state index is 0.224. The van der Waals surface area contributed by atoms with E-state index in [1.807, 2.05) is 0 Å². The molecule has 0 aliphatic carbocycles. The highest BCUT2D eigenvalue weighted by Gasteiger charge is 2.18. The van der Waals surface area contributed by atoms with Gasteiger partial charge in [0.1, 0.15) is 5.82 Å². The second kappa shape index (κ2) is 6.23. The van der Waals surface area contributed by atoms with Gasteiger partial charge in [-0.1, -0.05) is 18.2 Å². The zero-order chi connectivity index (χ0) is 12.0. The first kappa shape index (κ1) is 12.6. The molecule has 0 aliphatic rings. The lowest BCUT2D eigenvalue weighted by Crippen LogP contribution is -2.18. The molecule has 3 N–H and O–H groups in total. The van der Waals surface area contributed by atoms with Crippen molar-refractivity contribution in [3.8, 4) is 0 Å². The highest BCUT2D eigenvalue weighted by Crippen LogP contribution is 2.16. The quantitative estimate of drug-likeness (QED) is 0.776. The van der Waals surface area contributed by atoms with Gasteiger partial charge in [-0.3, -0.25) is 4.79 Å². The molecule has 1 aromatic rings. The Labute approximate surface area is 94.1 Å². The van der Waals surface area contributed by atoms with Crippen LogP contribution in [0, 0.1) is 11.7 Å². The van der Waals surface area contributed by atoms with E-state index < -0.39 is 11.9 Å². The van der Waals surface area contributed by atoms with E-state index in [0.29, 0.717) is 24.9 Å². The zero-order valence-electron chi connectivity index (χ0n) is 9.03. The van der Waals surface area contributed by atoms with Gasteiger partial charge >= 0.3 is 5.97 Å². The van der Waals surface area contributed by atoms with Crippen LogP contribution in [0.25, 0.3) is 0 Å². The first-order chi connectivity index (χ1) is 7.65. The number of rotatable bonds is 6. The Morgan fingerprint density at radius 3 is 2.69 bits per heavy atom. The minimum atomic E-state index is -0.892. The lowest BCUT2D eigenvalue weighted by Gasteiger charge is -2.12. The second-order valence-electron chi connectivity index (χ2n) is 3.76. The van der Waals surface area contributed by atoms with Crippen LogP contribution in [0.3, 0.4) is 0 Å². The Morgan fingerprint density at radius 1 is 1.44 bits per heavy atom. The monoisotopic (exact) mass is 225 g/mol. The van der Waals surface area contributed by atoms with Crippen molar-refractivity contribution in [1.29, 1.82) is 0 Å². The van der Waals surface area contributed by atoms with Crippen molar-refractivity contribution < 1.29 is 14.3 Å². The molecule has 0 fully saturated rings. The van der Waals surface area contributed by atoms with Gasteiger partial charge in [0.2, 0.25) is 0 Å². The summed E-state index contributed by atoms with van der Waals surface area (Å²) < 4.78 is 13.3. The smallest absolute Gasteiger partial charge is 0.306 e. The Morgan fingerprint density at radius 2 is 2.12 bits per heavy atom. The van der Waals surface area contributed by atoms with E-state index in [0.717, 1.165) is 0 Å². The number of hydrogen-bond acceptors (Lipinski definition) is 2. The van der Waals surface area contributed by atoms with Crippen LogP contribution in [0.4, 0.5) is 4.39 Å². The number of carbonyl (C=O) groups is 1. The normalized spacial score (nSPS) is 12.4. The molecule has 0 saturated carbocycles. The van der Waals surface area contributed by atoms with Gasteiger partial charge in [0.05, 0.1) is 5.92 Å². The lowest BCUT2D eigenvalue weighted by molar-refractivity contribution is -0.141. The molecule has 0 spiro atoms. The summed E-state index contributed by atoms with van der Waals surface area (Å²) in [4.78, 5) is 11.0. The summed E-state index contributed by atoms with van der Waals surface area (Å²) in [7, 11) is 0. The van der Waals surface area contributed by atoms with Gasteiger partial charge in [-0.15, -0.1) is 0 Å². The van der Waals surface area contributed by atoms with Crippen molar-refractivity contribution in [2.24, 2.45) is 11.7 Å². The maximum absolute atomic E-state index is 13.3. The first-order valence-corrected chi connectivity index (χ1v) is 5.31. The van der Waals surface area contributed by atoms with Crippen molar-refractivity contribution in [1.82, 2.24) is 0 Å². The molecular formula is C12H16FNO2. The predicted octanol–water partition coefficient (Wildman–Crippen LogP) is 1.81. The van der Waals surface area contributed by atoms with Crippen LogP contribution in [-0.2, 0) is 11.2 Å². The van der Waals surface area contributed by atoms with Crippen molar-refractivity contribution in [2.45, 2.75) is 19.3 Å². The van der Waals surface area contributed by atoms with E-state index in [4.69, 9.17) is 10.8 Å². The molecule has 0 radical (unpaired) electrons. The Balaban J connectivity index is 2.68. The lowest BCUT2D eigenvalue weighted by atomic mass is 9.94. The Bertz CT molecular complexity index is 355. The van der Waals surface area contributed by atoms with Crippen molar-refractivity contribution in [3.63, 3.8) is 0 Å². The van der Waals surface area contributed by atoms with Crippen molar-refractivity contribution in [3.05, 3.63) is 35.6 Å². The summed E-state index contributed by atoms with van der Waals surface area (Å²) in [5, 5.41) is 8.99. The Hall–Kier alpha value is -1.42. The van der Waals surface area contributed by atoms with E-state index in [2.05, 4.69) is 0 Å². The number of carboxylic acid groups (broad SMARTS) is 1. The van der Waals surface area contributed by atoms with Crippen LogP contribution in [0.2, 0.25) is 0 Å². The fourth-order valence-corrected chi connectivity index (χ4v) is 1.61. The van der Waals surface area contributed by atoms with Gasteiger partial charge in [-0.05, 0) is 37.4 Å². The van der Waals surface area contributed by atoms with Gasteiger partial charge in [0, 0.05) is 0 Å². The van der Waals surface area contributed by atoms with Gasteiger partial charge in [0.25, 0.3) is 0 Å². The van der Waals surface area contributed by atoms with Crippen LogP contribution in [0.1, 0.15) is 18.4 Å². The molecule has 3 nitrogen and oxygen atoms in total. The molecule has 4 heteroatoms. The number of carboxylic acids is 1. The van der Waals surface area contributed by atoms with Gasteiger partial charge in [-0.25, -0.2) is 4.39 Å². The summed E-state index contributed by atoms with van der Waals surface area (Å²) in [6, 6.07) is 6.26. The van der Waals surface area contributed by atoms with Crippen molar-refractivity contribution >= 4 is 5.97 Å². The maximum atomic E-state index is 13.3. The van der Waals surface area contributed by atoms with Crippen LogP contribution in [0.5, 0.6) is 0 Å². The summed E-state index contributed by atoms with van der Waals surface area (Å²) in [5.74, 6) is -1.79. The molecule has 1 atom stereocenters. The van der Waals surface area contributed by atoms with Crippen LogP contribution >= 0.6 is 0 Å². The van der Waals surface area contributed by atoms with Gasteiger partial charge in [0.15, 0.2) is 0 Å².